The number of rotatable bonds is 5. The van der Waals surface area contributed by atoms with Gasteiger partial charge in [-0.05, 0) is 25.8 Å². The third-order valence-corrected chi connectivity index (χ3v) is 2.10. The molecule has 1 rings (SSSR count). The van der Waals surface area contributed by atoms with Crippen LogP contribution in [0.2, 0.25) is 0 Å². The maximum atomic E-state index is 5.47. The number of unbranched alkanes of at least 4 members (excludes halogenated alkanes) is 1. The van der Waals surface area contributed by atoms with E-state index in [1.54, 1.807) is 0 Å². The van der Waals surface area contributed by atoms with E-state index < -0.39 is 0 Å². The molecule has 66 valence electrons. The molecule has 1 aliphatic rings. The number of nitrogens with one attached hydrogen (secondary N) is 1. The third-order valence-electron chi connectivity index (χ3n) is 2.10. The summed E-state index contributed by atoms with van der Waals surface area (Å²) < 4.78 is 5.47. The normalized spacial score (nSPS) is 24.3. The van der Waals surface area contributed by atoms with Crippen LogP contribution in [-0.2, 0) is 4.74 Å². The Kier molecular flexibility index (Phi) is 4.55. The van der Waals surface area contributed by atoms with E-state index in [2.05, 4.69) is 12.2 Å². The summed E-state index contributed by atoms with van der Waals surface area (Å²) in [6.07, 6.45) is 5.57. The molecule has 0 bridgehead atoms. The molecule has 1 saturated heterocycles. The van der Waals surface area contributed by atoms with Gasteiger partial charge in [0.25, 0.3) is 0 Å². The first-order chi connectivity index (χ1) is 5.43. The Bertz CT molecular complexity index is 89.6. The topological polar surface area (TPSA) is 21.3 Å². The van der Waals surface area contributed by atoms with Crippen LogP contribution < -0.4 is 5.32 Å². The van der Waals surface area contributed by atoms with Crippen molar-refractivity contribution in [2.24, 2.45) is 0 Å². The van der Waals surface area contributed by atoms with E-state index >= 15 is 0 Å². The zero-order valence-electron chi connectivity index (χ0n) is 7.44. The largest absolute Gasteiger partial charge is 0.377 e. The minimum atomic E-state index is 0.506. The van der Waals surface area contributed by atoms with Gasteiger partial charge >= 0.3 is 0 Å². The average Bonchev–Trinajstić information content (AvgIpc) is 2.50. The van der Waals surface area contributed by atoms with Gasteiger partial charge in [-0.25, -0.2) is 0 Å². The molecule has 0 aromatic carbocycles. The summed E-state index contributed by atoms with van der Waals surface area (Å²) >= 11 is 0. The summed E-state index contributed by atoms with van der Waals surface area (Å²) in [7, 11) is 0. The molecule has 0 spiro atoms. The quantitative estimate of drug-likeness (QED) is 0.611. The fourth-order valence-electron chi connectivity index (χ4n) is 1.37. The van der Waals surface area contributed by atoms with Gasteiger partial charge in [0.15, 0.2) is 0 Å². The molecule has 1 aliphatic heterocycles. The van der Waals surface area contributed by atoms with Gasteiger partial charge in [-0.2, -0.15) is 0 Å². The highest BCUT2D eigenvalue weighted by atomic mass is 16.5. The Morgan fingerprint density at radius 2 is 2.45 bits per heavy atom. The van der Waals surface area contributed by atoms with Gasteiger partial charge < -0.3 is 10.1 Å². The zero-order chi connectivity index (χ0) is 7.94. The Labute approximate surface area is 69.3 Å². The van der Waals surface area contributed by atoms with Crippen molar-refractivity contribution in [1.82, 2.24) is 5.32 Å². The summed E-state index contributed by atoms with van der Waals surface area (Å²) in [4.78, 5) is 0. The highest BCUT2D eigenvalue weighted by Gasteiger charge is 2.13. The maximum absolute atomic E-state index is 5.47. The lowest BCUT2D eigenvalue weighted by Gasteiger charge is -2.09. The van der Waals surface area contributed by atoms with Gasteiger partial charge in [0, 0.05) is 13.2 Å². The molecule has 11 heavy (non-hydrogen) atoms. The smallest absolute Gasteiger partial charge is 0.0700 e. The average molecular weight is 157 g/mol. The number of ether oxygens (including phenoxy) is 1. The molecule has 0 aromatic rings. The zero-order valence-corrected chi connectivity index (χ0v) is 7.44. The minimum absolute atomic E-state index is 0.506. The fourth-order valence-corrected chi connectivity index (χ4v) is 1.37. The lowest BCUT2D eigenvalue weighted by atomic mass is 10.2. The van der Waals surface area contributed by atoms with Crippen LogP contribution in [0.5, 0.6) is 0 Å². The van der Waals surface area contributed by atoms with Crippen LogP contribution in [0.3, 0.4) is 0 Å². The summed E-state index contributed by atoms with van der Waals surface area (Å²) in [6.45, 7) is 5.39. The summed E-state index contributed by atoms with van der Waals surface area (Å²) in [6, 6.07) is 0. The van der Waals surface area contributed by atoms with Crippen LogP contribution in [0.25, 0.3) is 0 Å². The van der Waals surface area contributed by atoms with Crippen molar-refractivity contribution >= 4 is 0 Å². The second-order valence-electron chi connectivity index (χ2n) is 3.19. The van der Waals surface area contributed by atoms with Gasteiger partial charge in [0.1, 0.15) is 0 Å². The van der Waals surface area contributed by atoms with E-state index in [1.165, 1.54) is 25.7 Å². The Hall–Kier alpha value is -0.0800. The Morgan fingerprint density at radius 1 is 1.55 bits per heavy atom. The van der Waals surface area contributed by atoms with Crippen molar-refractivity contribution in [1.29, 1.82) is 0 Å². The molecule has 1 heterocycles. The monoisotopic (exact) mass is 157 g/mol. The van der Waals surface area contributed by atoms with Crippen molar-refractivity contribution in [2.75, 3.05) is 19.7 Å². The molecule has 2 nitrogen and oxygen atoms in total. The molecule has 0 aromatic heterocycles. The molecule has 0 amide bonds. The van der Waals surface area contributed by atoms with Crippen LogP contribution in [0.4, 0.5) is 0 Å². The Morgan fingerprint density at radius 3 is 3.09 bits per heavy atom. The van der Waals surface area contributed by atoms with E-state index in [-0.39, 0.29) is 0 Å². The molecule has 2 heteroatoms. The fraction of sp³-hybridized carbons (Fsp3) is 1.00. The van der Waals surface area contributed by atoms with Gasteiger partial charge in [0.2, 0.25) is 0 Å². The predicted octanol–water partition coefficient (Wildman–Crippen LogP) is 1.56. The molecule has 1 fully saturated rings. The first-order valence-electron chi connectivity index (χ1n) is 4.76. The van der Waals surface area contributed by atoms with Crippen molar-refractivity contribution < 1.29 is 4.74 Å². The number of hydrogen-bond acceptors (Lipinski definition) is 2. The van der Waals surface area contributed by atoms with Gasteiger partial charge in [0.05, 0.1) is 6.10 Å². The van der Waals surface area contributed by atoms with E-state index in [0.717, 1.165) is 19.7 Å². The Balaban J connectivity index is 1.86. The summed E-state index contributed by atoms with van der Waals surface area (Å²) in [5, 5.41) is 3.40. The second kappa shape index (κ2) is 5.56. The molecule has 1 atom stereocenters. The molecule has 0 saturated carbocycles. The molecule has 1 N–H and O–H groups in total. The van der Waals surface area contributed by atoms with Crippen LogP contribution in [0.1, 0.15) is 32.6 Å². The molecule has 0 unspecified atom stereocenters. The third kappa shape index (κ3) is 3.73. The first kappa shape index (κ1) is 9.01. The first-order valence-corrected chi connectivity index (χ1v) is 4.76. The van der Waals surface area contributed by atoms with Crippen molar-refractivity contribution in [3.05, 3.63) is 0 Å². The van der Waals surface area contributed by atoms with Gasteiger partial charge in [-0.3, -0.25) is 0 Å². The van der Waals surface area contributed by atoms with Crippen molar-refractivity contribution in [3.8, 4) is 0 Å². The standard InChI is InChI=1S/C9H19NO/c1-2-3-6-10-8-9-5-4-7-11-9/h9-10H,2-8H2,1H3/t9-/m1/s1. The van der Waals surface area contributed by atoms with E-state index in [4.69, 9.17) is 4.74 Å². The lowest BCUT2D eigenvalue weighted by molar-refractivity contribution is 0.110. The summed E-state index contributed by atoms with van der Waals surface area (Å²) in [5.74, 6) is 0. The van der Waals surface area contributed by atoms with Crippen LogP contribution in [0, 0.1) is 0 Å². The van der Waals surface area contributed by atoms with Crippen LogP contribution in [-0.4, -0.2) is 25.8 Å². The second-order valence-corrected chi connectivity index (χ2v) is 3.19. The molecule has 0 radical (unpaired) electrons. The number of hydrogen-bond donors (Lipinski definition) is 1. The summed E-state index contributed by atoms with van der Waals surface area (Å²) in [5.41, 5.74) is 0. The molecular weight excluding hydrogens is 138 g/mol. The van der Waals surface area contributed by atoms with E-state index in [1.807, 2.05) is 0 Å². The van der Waals surface area contributed by atoms with Gasteiger partial charge in [-0.1, -0.05) is 13.3 Å². The minimum Gasteiger partial charge on any atom is -0.377 e. The van der Waals surface area contributed by atoms with Crippen LogP contribution >= 0.6 is 0 Å². The highest BCUT2D eigenvalue weighted by Crippen LogP contribution is 2.10. The van der Waals surface area contributed by atoms with Crippen molar-refractivity contribution in [2.45, 2.75) is 38.7 Å². The lowest BCUT2D eigenvalue weighted by Crippen LogP contribution is -2.26. The molecule has 0 aliphatic carbocycles. The van der Waals surface area contributed by atoms with Gasteiger partial charge in [-0.15, -0.1) is 0 Å². The van der Waals surface area contributed by atoms with Crippen molar-refractivity contribution in [3.63, 3.8) is 0 Å². The van der Waals surface area contributed by atoms with E-state index in [9.17, 15) is 0 Å². The SMILES string of the molecule is CCCCNC[C@H]1CCCO1. The predicted molar refractivity (Wildman–Crippen MR) is 46.8 cm³/mol. The molecular formula is C9H19NO. The van der Waals surface area contributed by atoms with E-state index in [0.29, 0.717) is 6.10 Å². The van der Waals surface area contributed by atoms with Crippen LogP contribution in [0.15, 0.2) is 0 Å². The highest BCUT2D eigenvalue weighted by molar-refractivity contribution is 4.66. The maximum Gasteiger partial charge on any atom is 0.0700 e.